The van der Waals surface area contributed by atoms with E-state index in [-0.39, 0.29) is 5.91 Å². The number of benzene rings is 3. The van der Waals surface area contributed by atoms with Crippen molar-refractivity contribution < 1.29 is 14.3 Å². The van der Waals surface area contributed by atoms with E-state index in [0.717, 1.165) is 16.0 Å². The number of aromatic nitrogens is 1. The number of amides is 1. The number of ether oxygens (including phenoxy) is 2. The maximum Gasteiger partial charge on any atom is 0.279 e. The Labute approximate surface area is 185 Å². The maximum atomic E-state index is 13.0. The van der Waals surface area contributed by atoms with E-state index < -0.39 is 0 Å². The maximum absolute atomic E-state index is 13.0. The van der Waals surface area contributed by atoms with Crippen LogP contribution < -0.4 is 9.54 Å². The summed E-state index contributed by atoms with van der Waals surface area (Å²) in [5, 5.41) is 0. The highest BCUT2D eigenvalue weighted by atomic mass is 32.1. The lowest BCUT2D eigenvalue weighted by Crippen LogP contribution is -2.19. The highest BCUT2D eigenvalue weighted by molar-refractivity contribution is 7.16. The molecule has 1 aromatic heterocycles. The molecule has 5 nitrogen and oxygen atoms in total. The fourth-order valence-electron chi connectivity index (χ4n) is 3.27. The third kappa shape index (κ3) is 4.76. The van der Waals surface area contributed by atoms with Crippen molar-refractivity contribution in [1.82, 2.24) is 4.57 Å². The molecule has 0 atom stereocenters. The molecule has 3 aromatic carbocycles. The Bertz CT molecular complexity index is 1290. The fourth-order valence-corrected chi connectivity index (χ4v) is 4.41. The standard InChI is InChI=1S/C25H24N2O3S/c1-17-14-22-23(15-18(17)2)31-25(27(22)12-13-29-3)26-24(28)19-8-7-11-21(16-19)30-20-9-5-4-6-10-20/h4-11,14-16H,12-13H2,1-3H3. The molecule has 0 spiro atoms. The van der Waals surface area contributed by atoms with Gasteiger partial charge in [0.2, 0.25) is 0 Å². The zero-order valence-corrected chi connectivity index (χ0v) is 18.6. The number of hydrogen-bond donors (Lipinski definition) is 0. The molecule has 0 bridgehead atoms. The van der Waals surface area contributed by atoms with Crippen LogP contribution in [-0.4, -0.2) is 24.2 Å². The molecule has 0 aliphatic heterocycles. The van der Waals surface area contributed by atoms with Crippen molar-refractivity contribution in [2.45, 2.75) is 20.4 Å². The highest BCUT2D eigenvalue weighted by Gasteiger charge is 2.11. The Kier molecular flexibility index (Phi) is 6.30. The molecule has 6 heteroatoms. The predicted octanol–water partition coefficient (Wildman–Crippen LogP) is 5.50. The summed E-state index contributed by atoms with van der Waals surface area (Å²) in [6.45, 7) is 5.35. The van der Waals surface area contributed by atoms with Gasteiger partial charge in [0.05, 0.1) is 16.8 Å². The van der Waals surface area contributed by atoms with Crippen molar-refractivity contribution in [3.05, 3.63) is 88.2 Å². The molecular weight excluding hydrogens is 408 g/mol. The molecule has 1 heterocycles. The van der Waals surface area contributed by atoms with Crippen molar-refractivity contribution in [1.29, 1.82) is 0 Å². The molecule has 0 saturated heterocycles. The minimum absolute atomic E-state index is 0.301. The van der Waals surface area contributed by atoms with Crippen LogP contribution in [0.1, 0.15) is 21.5 Å². The molecule has 0 N–H and O–H groups in total. The van der Waals surface area contributed by atoms with E-state index in [1.54, 1.807) is 25.3 Å². The molecule has 4 rings (SSSR count). The van der Waals surface area contributed by atoms with Crippen LogP contribution in [-0.2, 0) is 11.3 Å². The first-order valence-electron chi connectivity index (χ1n) is 10.1. The number of hydrogen-bond acceptors (Lipinski definition) is 4. The molecule has 0 aliphatic carbocycles. The zero-order valence-electron chi connectivity index (χ0n) is 17.8. The van der Waals surface area contributed by atoms with Gasteiger partial charge < -0.3 is 14.0 Å². The molecule has 0 aliphatic rings. The first-order valence-corrected chi connectivity index (χ1v) is 10.9. The van der Waals surface area contributed by atoms with Crippen molar-refractivity contribution >= 4 is 27.5 Å². The van der Waals surface area contributed by atoms with E-state index in [4.69, 9.17) is 9.47 Å². The number of methoxy groups -OCH3 is 1. The zero-order chi connectivity index (χ0) is 21.8. The normalized spacial score (nSPS) is 11.8. The lowest BCUT2D eigenvalue weighted by Gasteiger charge is -2.07. The van der Waals surface area contributed by atoms with Gasteiger partial charge in [0.15, 0.2) is 4.80 Å². The van der Waals surface area contributed by atoms with Gasteiger partial charge in [-0.05, 0) is 67.4 Å². The van der Waals surface area contributed by atoms with Gasteiger partial charge in [0.25, 0.3) is 5.91 Å². The van der Waals surface area contributed by atoms with Crippen LogP contribution in [0.5, 0.6) is 11.5 Å². The summed E-state index contributed by atoms with van der Waals surface area (Å²) in [4.78, 5) is 18.1. The van der Waals surface area contributed by atoms with Gasteiger partial charge in [-0.15, -0.1) is 0 Å². The first-order chi connectivity index (χ1) is 15.0. The summed E-state index contributed by atoms with van der Waals surface area (Å²) < 4.78 is 14.3. The molecule has 31 heavy (non-hydrogen) atoms. The largest absolute Gasteiger partial charge is 0.457 e. The number of carbonyl (C=O) groups excluding carboxylic acids is 1. The molecular formula is C25H24N2O3S. The Morgan fingerprint density at radius 2 is 1.71 bits per heavy atom. The molecule has 4 aromatic rings. The number of rotatable bonds is 6. The summed E-state index contributed by atoms with van der Waals surface area (Å²) in [6.07, 6.45) is 0. The molecule has 0 unspecified atom stereocenters. The van der Waals surface area contributed by atoms with Crippen molar-refractivity contribution in [3.63, 3.8) is 0 Å². The summed E-state index contributed by atoms with van der Waals surface area (Å²) in [5.74, 6) is 1.02. The van der Waals surface area contributed by atoms with Gasteiger partial charge in [0.1, 0.15) is 11.5 Å². The lowest BCUT2D eigenvalue weighted by atomic mass is 10.1. The minimum atomic E-state index is -0.301. The first kappa shape index (κ1) is 21.0. The van der Waals surface area contributed by atoms with E-state index >= 15 is 0 Å². The van der Waals surface area contributed by atoms with Crippen molar-refractivity contribution in [2.24, 2.45) is 4.99 Å². The number of para-hydroxylation sites is 1. The van der Waals surface area contributed by atoms with Crippen LogP contribution in [0.3, 0.4) is 0 Å². The molecule has 1 amide bonds. The predicted molar refractivity (Wildman–Crippen MR) is 124 cm³/mol. The minimum Gasteiger partial charge on any atom is -0.457 e. The number of carbonyl (C=O) groups is 1. The summed E-state index contributed by atoms with van der Waals surface area (Å²) in [6, 6.07) is 20.9. The van der Waals surface area contributed by atoms with Crippen LogP contribution in [0.25, 0.3) is 10.2 Å². The van der Waals surface area contributed by atoms with Crippen molar-refractivity contribution in [2.75, 3.05) is 13.7 Å². The second-order valence-electron chi connectivity index (χ2n) is 7.29. The van der Waals surface area contributed by atoms with Gasteiger partial charge in [-0.1, -0.05) is 35.6 Å². The average Bonchev–Trinajstić information content (AvgIpc) is 3.09. The lowest BCUT2D eigenvalue weighted by molar-refractivity contribution is 0.0997. The molecule has 0 fully saturated rings. The van der Waals surface area contributed by atoms with Crippen LogP contribution in [0.2, 0.25) is 0 Å². The average molecular weight is 433 g/mol. The topological polar surface area (TPSA) is 52.8 Å². The van der Waals surface area contributed by atoms with Gasteiger partial charge >= 0.3 is 0 Å². The Balaban J connectivity index is 1.71. The monoisotopic (exact) mass is 432 g/mol. The van der Waals surface area contributed by atoms with E-state index in [1.165, 1.54) is 22.5 Å². The SMILES string of the molecule is COCCn1c(=NC(=O)c2cccc(Oc3ccccc3)c2)sc2cc(C)c(C)cc21. The van der Waals surface area contributed by atoms with E-state index in [1.807, 2.05) is 36.4 Å². The second-order valence-corrected chi connectivity index (χ2v) is 8.30. The third-order valence-corrected chi connectivity index (χ3v) is 6.12. The van der Waals surface area contributed by atoms with E-state index in [0.29, 0.717) is 29.3 Å². The number of fused-ring (bicyclic) bond motifs is 1. The summed E-state index contributed by atoms with van der Waals surface area (Å²) in [7, 11) is 1.67. The van der Waals surface area contributed by atoms with Gasteiger partial charge in [-0.2, -0.15) is 4.99 Å². The summed E-state index contributed by atoms with van der Waals surface area (Å²) >= 11 is 1.52. The van der Waals surface area contributed by atoms with Crippen LogP contribution in [0.15, 0.2) is 71.7 Å². The van der Waals surface area contributed by atoms with Crippen LogP contribution >= 0.6 is 11.3 Å². The molecule has 0 radical (unpaired) electrons. The smallest absolute Gasteiger partial charge is 0.279 e. The van der Waals surface area contributed by atoms with E-state index in [2.05, 4.69) is 35.5 Å². The quantitative estimate of drug-likeness (QED) is 0.404. The van der Waals surface area contributed by atoms with E-state index in [9.17, 15) is 4.79 Å². The van der Waals surface area contributed by atoms with Gasteiger partial charge in [0, 0.05) is 19.2 Å². The number of aryl methyl sites for hydroxylation is 2. The summed E-state index contributed by atoms with van der Waals surface area (Å²) in [5.41, 5.74) is 3.98. The van der Waals surface area contributed by atoms with Gasteiger partial charge in [-0.25, -0.2) is 0 Å². The van der Waals surface area contributed by atoms with Crippen LogP contribution in [0, 0.1) is 13.8 Å². The Morgan fingerprint density at radius 3 is 2.48 bits per heavy atom. The molecule has 0 saturated carbocycles. The fraction of sp³-hybridized carbons (Fsp3) is 0.200. The second kappa shape index (κ2) is 9.29. The highest BCUT2D eigenvalue weighted by Crippen LogP contribution is 2.24. The van der Waals surface area contributed by atoms with Gasteiger partial charge in [-0.3, -0.25) is 4.79 Å². The molecule has 158 valence electrons. The number of nitrogens with zero attached hydrogens (tertiary/aromatic N) is 2. The van der Waals surface area contributed by atoms with Crippen molar-refractivity contribution in [3.8, 4) is 11.5 Å². The van der Waals surface area contributed by atoms with Crippen LogP contribution in [0.4, 0.5) is 0 Å². The third-order valence-electron chi connectivity index (χ3n) is 5.07. The number of thiazole rings is 1. The Hall–Kier alpha value is -3.22. The Morgan fingerprint density at radius 1 is 0.968 bits per heavy atom.